The van der Waals surface area contributed by atoms with Crippen molar-refractivity contribution < 1.29 is 4.74 Å². The van der Waals surface area contributed by atoms with E-state index in [1.165, 1.54) is 12.8 Å². The molecule has 1 saturated heterocycles. The van der Waals surface area contributed by atoms with Gasteiger partial charge in [0.05, 0.1) is 7.11 Å². The highest BCUT2D eigenvalue weighted by atomic mass is 16.5. The zero-order chi connectivity index (χ0) is 12.4. The van der Waals surface area contributed by atoms with Crippen LogP contribution in [-0.2, 0) is 6.42 Å². The van der Waals surface area contributed by atoms with E-state index in [1.807, 2.05) is 22.8 Å². The van der Waals surface area contributed by atoms with Gasteiger partial charge in [0.25, 0.3) is 0 Å². The number of fused-ring (bicyclic) bond motifs is 1. The molecule has 3 rings (SSSR count). The molecular weight excluding hydrogens is 228 g/mol. The Hall–Kier alpha value is -1.62. The van der Waals surface area contributed by atoms with Crippen LogP contribution >= 0.6 is 0 Å². The number of hydrogen-bond acceptors (Lipinski definition) is 4. The second kappa shape index (κ2) is 4.94. The second-order valence-corrected chi connectivity index (χ2v) is 4.81. The first kappa shape index (κ1) is 11.5. The fourth-order valence-corrected chi connectivity index (χ4v) is 2.48. The van der Waals surface area contributed by atoms with E-state index in [9.17, 15) is 0 Å². The van der Waals surface area contributed by atoms with E-state index in [-0.39, 0.29) is 0 Å². The van der Waals surface area contributed by atoms with E-state index in [0.29, 0.717) is 5.92 Å². The summed E-state index contributed by atoms with van der Waals surface area (Å²) in [5.41, 5.74) is 0.855. The molecule has 0 bridgehead atoms. The van der Waals surface area contributed by atoms with Gasteiger partial charge in [-0.25, -0.2) is 9.50 Å². The quantitative estimate of drug-likeness (QED) is 0.886. The average molecular weight is 246 g/mol. The van der Waals surface area contributed by atoms with Crippen molar-refractivity contribution in [3.05, 3.63) is 24.2 Å². The molecule has 1 unspecified atom stereocenters. The molecule has 5 heteroatoms. The Bertz CT molecular complexity index is 531. The standard InChI is InChI=1S/C13H18N4O/c1-18-11-4-6-17-13(8-11)15-12(16-17)7-10-3-2-5-14-9-10/h4,6,8,10,14H,2-3,5,7,9H2,1H3. The number of hydrogen-bond donors (Lipinski definition) is 1. The van der Waals surface area contributed by atoms with Crippen molar-refractivity contribution in [1.82, 2.24) is 19.9 Å². The SMILES string of the molecule is COc1ccn2nc(CC3CCCNC3)nc2c1. The number of pyridine rings is 1. The third-order valence-electron chi connectivity index (χ3n) is 3.46. The van der Waals surface area contributed by atoms with Gasteiger partial charge in [0.15, 0.2) is 11.5 Å². The molecule has 0 amide bonds. The topological polar surface area (TPSA) is 51.5 Å². The van der Waals surface area contributed by atoms with Crippen molar-refractivity contribution in [2.45, 2.75) is 19.3 Å². The third kappa shape index (κ3) is 2.31. The largest absolute Gasteiger partial charge is 0.497 e. The van der Waals surface area contributed by atoms with E-state index >= 15 is 0 Å². The molecule has 2 aromatic rings. The molecule has 1 fully saturated rings. The van der Waals surface area contributed by atoms with Crippen molar-refractivity contribution in [1.29, 1.82) is 0 Å². The minimum Gasteiger partial charge on any atom is -0.497 e. The molecule has 18 heavy (non-hydrogen) atoms. The van der Waals surface area contributed by atoms with E-state index in [0.717, 1.165) is 36.7 Å². The number of nitrogens with one attached hydrogen (secondary N) is 1. The number of ether oxygens (including phenoxy) is 1. The summed E-state index contributed by atoms with van der Waals surface area (Å²) < 4.78 is 7.00. The Morgan fingerprint density at radius 2 is 2.50 bits per heavy atom. The van der Waals surface area contributed by atoms with E-state index in [4.69, 9.17) is 4.74 Å². The predicted octanol–water partition coefficient (Wildman–Crippen LogP) is 1.28. The maximum atomic E-state index is 5.19. The van der Waals surface area contributed by atoms with Crippen LogP contribution in [0.1, 0.15) is 18.7 Å². The summed E-state index contributed by atoms with van der Waals surface area (Å²) in [5, 5.41) is 7.93. The lowest BCUT2D eigenvalue weighted by molar-refractivity contribution is 0.371. The molecule has 1 aliphatic heterocycles. The fourth-order valence-electron chi connectivity index (χ4n) is 2.48. The third-order valence-corrected chi connectivity index (χ3v) is 3.46. The lowest BCUT2D eigenvalue weighted by Gasteiger charge is -2.21. The number of aromatic nitrogens is 3. The maximum Gasteiger partial charge on any atom is 0.159 e. The van der Waals surface area contributed by atoms with Crippen LogP contribution < -0.4 is 10.1 Å². The van der Waals surface area contributed by atoms with Crippen molar-refractivity contribution in [2.75, 3.05) is 20.2 Å². The summed E-state index contributed by atoms with van der Waals surface area (Å²) >= 11 is 0. The molecule has 0 saturated carbocycles. The van der Waals surface area contributed by atoms with Gasteiger partial charge in [-0.3, -0.25) is 0 Å². The Kier molecular flexibility index (Phi) is 3.15. The van der Waals surface area contributed by atoms with E-state index in [1.54, 1.807) is 7.11 Å². The molecule has 1 N–H and O–H groups in total. The van der Waals surface area contributed by atoms with E-state index in [2.05, 4.69) is 15.4 Å². The van der Waals surface area contributed by atoms with Gasteiger partial charge in [-0.05, 0) is 37.9 Å². The van der Waals surface area contributed by atoms with Crippen LogP contribution in [0.2, 0.25) is 0 Å². The lowest BCUT2D eigenvalue weighted by Crippen LogP contribution is -2.31. The molecule has 0 aromatic carbocycles. The minimum absolute atomic E-state index is 0.665. The zero-order valence-corrected chi connectivity index (χ0v) is 10.6. The summed E-state index contributed by atoms with van der Waals surface area (Å²) in [7, 11) is 1.66. The Labute approximate surface area is 106 Å². The van der Waals surface area contributed by atoms with Gasteiger partial charge in [-0.2, -0.15) is 5.10 Å². The van der Waals surface area contributed by atoms with Gasteiger partial charge in [0.1, 0.15) is 5.75 Å². The number of rotatable bonds is 3. The Balaban J connectivity index is 1.79. The van der Waals surface area contributed by atoms with Gasteiger partial charge in [-0.1, -0.05) is 0 Å². The maximum absolute atomic E-state index is 5.19. The molecule has 1 aliphatic rings. The summed E-state index contributed by atoms with van der Waals surface area (Å²) in [6.07, 6.45) is 5.37. The lowest BCUT2D eigenvalue weighted by atomic mass is 9.96. The van der Waals surface area contributed by atoms with Crippen LogP contribution in [0.25, 0.3) is 5.65 Å². The van der Waals surface area contributed by atoms with Gasteiger partial charge in [0.2, 0.25) is 0 Å². The van der Waals surface area contributed by atoms with Gasteiger partial charge in [0, 0.05) is 18.7 Å². The molecule has 96 valence electrons. The van der Waals surface area contributed by atoms with Gasteiger partial charge < -0.3 is 10.1 Å². The monoisotopic (exact) mass is 246 g/mol. The molecule has 1 atom stereocenters. The van der Waals surface area contributed by atoms with Crippen molar-refractivity contribution in [3.63, 3.8) is 0 Å². The molecule has 2 aromatic heterocycles. The zero-order valence-electron chi connectivity index (χ0n) is 10.6. The highest BCUT2D eigenvalue weighted by Crippen LogP contribution is 2.17. The van der Waals surface area contributed by atoms with Crippen LogP contribution in [0.5, 0.6) is 5.75 Å². The highest BCUT2D eigenvalue weighted by molar-refractivity contribution is 5.43. The molecule has 0 aliphatic carbocycles. The Morgan fingerprint density at radius 3 is 3.28 bits per heavy atom. The number of methoxy groups -OCH3 is 1. The second-order valence-electron chi connectivity index (χ2n) is 4.81. The average Bonchev–Trinajstić information content (AvgIpc) is 2.80. The first-order valence-electron chi connectivity index (χ1n) is 6.45. The molecule has 3 heterocycles. The predicted molar refractivity (Wildman–Crippen MR) is 68.8 cm³/mol. The van der Waals surface area contributed by atoms with Crippen molar-refractivity contribution in [3.8, 4) is 5.75 Å². The molecule has 0 radical (unpaired) electrons. The van der Waals surface area contributed by atoms with E-state index < -0.39 is 0 Å². The number of nitrogens with zero attached hydrogens (tertiary/aromatic N) is 3. The van der Waals surface area contributed by atoms with Crippen LogP contribution in [0.4, 0.5) is 0 Å². The summed E-state index contributed by atoms with van der Waals surface area (Å²) in [6, 6.07) is 3.81. The normalized spacial score (nSPS) is 20.2. The van der Waals surface area contributed by atoms with Crippen LogP contribution in [0.15, 0.2) is 18.3 Å². The fraction of sp³-hybridized carbons (Fsp3) is 0.538. The Morgan fingerprint density at radius 1 is 1.56 bits per heavy atom. The van der Waals surface area contributed by atoms with Crippen molar-refractivity contribution in [2.24, 2.45) is 5.92 Å². The van der Waals surface area contributed by atoms with Crippen LogP contribution in [0.3, 0.4) is 0 Å². The number of piperidine rings is 1. The van der Waals surface area contributed by atoms with Crippen LogP contribution in [-0.4, -0.2) is 34.8 Å². The first-order chi connectivity index (χ1) is 8.85. The minimum atomic E-state index is 0.665. The summed E-state index contributed by atoms with van der Waals surface area (Å²) in [6.45, 7) is 2.23. The first-order valence-corrected chi connectivity index (χ1v) is 6.45. The molecule has 5 nitrogen and oxygen atoms in total. The molecule has 0 spiro atoms. The van der Waals surface area contributed by atoms with Crippen LogP contribution in [0, 0.1) is 5.92 Å². The smallest absolute Gasteiger partial charge is 0.159 e. The summed E-state index contributed by atoms with van der Waals surface area (Å²) in [5.74, 6) is 2.41. The van der Waals surface area contributed by atoms with Gasteiger partial charge in [-0.15, -0.1) is 0 Å². The summed E-state index contributed by atoms with van der Waals surface area (Å²) in [4.78, 5) is 4.56. The van der Waals surface area contributed by atoms with Crippen molar-refractivity contribution >= 4 is 5.65 Å². The highest BCUT2D eigenvalue weighted by Gasteiger charge is 2.16. The molecular formula is C13H18N4O. The van der Waals surface area contributed by atoms with Gasteiger partial charge >= 0.3 is 0 Å².